The van der Waals surface area contributed by atoms with E-state index in [1.807, 2.05) is 50.3 Å². The van der Waals surface area contributed by atoms with Crippen molar-refractivity contribution < 1.29 is 8.78 Å². The van der Waals surface area contributed by atoms with E-state index in [9.17, 15) is 4.39 Å². The summed E-state index contributed by atoms with van der Waals surface area (Å²) in [5.41, 5.74) is 4.78. The highest BCUT2D eigenvalue weighted by atomic mass is 19.1. The van der Waals surface area contributed by atoms with Gasteiger partial charge in [0.15, 0.2) is 0 Å². The normalized spacial score (nSPS) is 16.8. The van der Waals surface area contributed by atoms with Gasteiger partial charge in [-0.2, -0.15) is 0 Å². The van der Waals surface area contributed by atoms with Crippen LogP contribution in [0.3, 0.4) is 0 Å². The molecule has 1 aliphatic carbocycles. The van der Waals surface area contributed by atoms with Crippen LogP contribution in [0, 0.1) is 11.6 Å². The molecular weight excluding hydrogens is 392 g/mol. The van der Waals surface area contributed by atoms with Crippen molar-refractivity contribution in [1.82, 2.24) is 10.3 Å². The average molecular weight is 418 g/mol. The lowest BCUT2D eigenvalue weighted by atomic mass is 9.78. The molecule has 1 aliphatic rings. The molecule has 1 unspecified atom stereocenters. The summed E-state index contributed by atoms with van der Waals surface area (Å²) >= 11 is 0. The van der Waals surface area contributed by atoms with Gasteiger partial charge in [-0.15, -0.1) is 0 Å². The van der Waals surface area contributed by atoms with Crippen LogP contribution in [0.1, 0.15) is 31.7 Å². The molecule has 3 aromatic rings. The number of nitrogens with zero attached hydrogens (tertiary/aromatic N) is 2. The van der Waals surface area contributed by atoms with Crippen LogP contribution in [-0.2, 0) is 0 Å². The Morgan fingerprint density at radius 1 is 1.19 bits per heavy atom. The number of fused-ring (bicyclic) bond motifs is 1. The summed E-state index contributed by atoms with van der Waals surface area (Å²) in [5, 5.41) is 5.20. The molecule has 2 aromatic carbocycles. The molecule has 1 heterocycles. The summed E-state index contributed by atoms with van der Waals surface area (Å²) in [6.07, 6.45) is 6.50. The van der Waals surface area contributed by atoms with Crippen molar-refractivity contribution in [3.8, 4) is 11.3 Å². The highest BCUT2D eigenvalue weighted by molar-refractivity contribution is 5.95. The first-order valence-electron chi connectivity index (χ1n) is 10.3. The maximum Gasteiger partial charge on any atom is 0.135 e. The Kier molecular flexibility index (Phi) is 5.94. The minimum Gasteiger partial charge on any atom is -0.385 e. The van der Waals surface area contributed by atoms with E-state index in [1.165, 1.54) is 11.6 Å². The number of aromatic nitrogens is 1. The molecule has 0 fully saturated rings. The number of benzene rings is 2. The van der Waals surface area contributed by atoms with E-state index in [4.69, 9.17) is 0 Å². The van der Waals surface area contributed by atoms with Gasteiger partial charge < -0.3 is 5.32 Å². The molecule has 0 spiro atoms. The van der Waals surface area contributed by atoms with Crippen LogP contribution >= 0.6 is 0 Å². The molecule has 0 radical (unpaired) electrons. The number of rotatable bonds is 6. The first kappa shape index (κ1) is 20.9. The van der Waals surface area contributed by atoms with Crippen LogP contribution in [0.5, 0.6) is 0 Å². The van der Waals surface area contributed by atoms with Crippen molar-refractivity contribution in [2.75, 3.05) is 13.6 Å². The second-order valence-electron chi connectivity index (χ2n) is 7.91. The van der Waals surface area contributed by atoms with Crippen molar-refractivity contribution in [2.45, 2.75) is 26.2 Å². The highest BCUT2D eigenvalue weighted by Gasteiger charge is 2.27. The maximum absolute atomic E-state index is 15.0. The third kappa shape index (κ3) is 4.41. The largest absolute Gasteiger partial charge is 0.385 e. The standard InChI is InChI=1S/C26H25F2N3/c1-16(29-3)10-17(2)31-15-18-11-20(12-18)23-13-21(27)14-24(28)25(23)26-22-7-5-4-6-19(22)8-9-30-26/h4-11,13-14,20,31H,12,15H2,1-3H3/b17-10-,29-16-. The van der Waals surface area contributed by atoms with E-state index in [0.717, 1.165) is 34.7 Å². The van der Waals surface area contributed by atoms with Crippen LogP contribution in [0.2, 0.25) is 0 Å². The summed E-state index contributed by atoms with van der Waals surface area (Å²) in [7, 11) is 1.76. The van der Waals surface area contributed by atoms with Gasteiger partial charge in [0, 0.05) is 54.1 Å². The van der Waals surface area contributed by atoms with E-state index < -0.39 is 11.6 Å². The molecule has 0 amide bonds. The fourth-order valence-corrected chi connectivity index (χ4v) is 4.00. The molecule has 4 rings (SSSR count). The first-order chi connectivity index (χ1) is 15.0. The summed E-state index contributed by atoms with van der Waals surface area (Å²) in [4.78, 5) is 8.60. The molecule has 5 heteroatoms. The van der Waals surface area contributed by atoms with Gasteiger partial charge in [-0.05, 0) is 49.4 Å². The predicted molar refractivity (Wildman–Crippen MR) is 123 cm³/mol. The quantitative estimate of drug-likeness (QED) is 0.384. The Morgan fingerprint density at radius 2 is 1.97 bits per heavy atom. The minimum atomic E-state index is -0.577. The first-order valence-corrected chi connectivity index (χ1v) is 10.3. The lowest BCUT2D eigenvalue weighted by molar-refractivity contribution is 0.576. The Bertz CT molecular complexity index is 1220. The molecule has 1 N–H and O–H groups in total. The number of hydrogen-bond donors (Lipinski definition) is 1. The van der Waals surface area contributed by atoms with E-state index in [0.29, 0.717) is 23.4 Å². The molecule has 1 atom stereocenters. The Labute approximate surface area is 181 Å². The van der Waals surface area contributed by atoms with Gasteiger partial charge in [-0.3, -0.25) is 9.98 Å². The Morgan fingerprint density at radius 3 is 2.74 bits per heavy atom. The van der Waals surface area contributed by atoms with Crippen molar-refractivity contribution in [1.29, 1.82) is 0 Å². The van der Waals surface area contributed by atoms with E-state index in [-0.39, 0.29) is 5.92 Å². The van der Waals surface area contributed by atoms with E-state index in [1.54, 1.807) is 13.2 Å². The molecule has 31 heavy (non-hydrogen) atoms. The lowest BCUT2D eigenvalue weighted by Crippen LogP contribution is -2.22. The molecular formula is C26H25F2N3. The minimum absolute atomic E-state index is 0.0407. The molecule has 0 saturated carbocycles. The van der Waals surface area contributed by atoms with Crippen molar-refractivity contribution >= 4 is 16.5 Å². The zero-order valence-electron chi connectivity index (χ0n) is 17.9. The van der Waals surface area contributed by atoms with E-state index in [2.05, 4.69) is 21.4 Å². The number of hydrogen-bond acceptors (Lipinski definition) is 3. The summed E-state index contributed by atoms with van der Waals surface area (Å²) < 4.78 is 29.2. The fourth-order valence-electron chi connectivity index (χ4n) is 4.00. The number of allylic oxidation sites excluding steroid dienone is 3. The summed E-state index contributed by atoms with van der Waals surface area (Å²) in [6.45, 7) is 4.65. The molecule has 1 aromatic heterocycles. The van der Waals surface area contributed by atoms with Crippen LogP contribution in [0.25, 0.3) is 22.0 Å². The number of aliphatic imine (C=N–C) groups is 1. The number of pyridine rings is 1. The molecule has 0 aliphatic heterocycles. The van der Waals surface area contributed by atoms with E-state index >= 15 is 4.39 Å². The Hall–Kier alpha value is -3.34. The smallest absolute Gasteiger partial charge is 0.135 e. The molecule has 0 saturated heterocycles. The molecule has 0 bridgehead atoms. The molecule has 158 valence electrons. The zero-order valence-corrected chi connectivity index (χ0v) is 17.9. The van der Waals surface area contributed by atoms with Crippen LogP contribution in [0.15, 0.2) is 77.1 Å². The predicted octanol–water partition coefficient (Wildman–Crippen LogP) is 6.18. The van der Waals surface area contributed by atoms with Crippen molar-refractivity contribution in [2.24, 2.45) is 4.99 Å². The topological polar surface area (TPSA) is 37.3 Å². The van der Waals surface area contributed by atoms with Gasteiger partial charge in [0.05, 0.1) is 5.69 Å². The van der Waals surface area contributed by atoms with Gasteiger partial charge in [-0.1, -0.05) is 35.9 Å². The van der Waals surface area contributed by atoms with Gasteiger partial charge in [0.2, 0.25) is 0 Å². The summed E-state index contributed by atoms with van der Waals surface area (Å²) in [6, 6.07) is 12.0. The van der Waals surface area contributed by atoms with Gasteiger partial charge >= 0.3 is 0 Å². The monoisotopic (exact) mass is 417 g/mol. The Balaban J connectivity index is 1.64. The number of nitrogens with one attached hydrogen (secondary N) is 1. The van der Waals surface area contributed by atoms with Gasteiger partial charge in [0.25, 0.3) is 0 Å². The third-order valence-corrected chi connectivity index (χ3v) is 5.69. The molecule has 3 nitrogen and oxygen atoms in total. The zero-order chi connectivity index (χ0) is 22.0. The fraction of sp³-hybridized carbons (Fsp3) is 0.231. The SMILES string of the molecule is C/N=C(C)\C=C(\C)NCC1=CC(c2cc(F)cc(F)c2-c2nccc3ccccc23)C1. The highest BCUT2D eigenvalue weighted by Crippen LogP contribution is 2.42. The second kappa shape index (κ2) is 8.80. The van der Waals surface area contributed by atoms with Crippen LogP contribution < -0.4 is 5.32 Å². The maximum atomic E-state index is 15.0. The third-order valence-electron chi connectivity index (χ3n) is 5.69. The summed E-state index contributed by atoms with van der Waals surface area (Å²) in [5.74, 6) is -1.18. The van der Waals surface area contributed by atoms with Crippen LogP contribution in [-0.4, -0.2) is 24.3 Å². The second-order valence-corrected chi connectivity index (χ2v) is 7.91. The van der Waals surface area contributed by atoms with Crippen molar-refractivity contribution in [3.05, 3.63) is 89.3 Å². The van der Waals surface area contributed by atoms with Gasteiger partial charge in [-0.25, -0.2) is 8.78 Å². The number of halogens is 2. The van der Waals surface area contributed by atoms with Gasteiger partial charge in [0.1, 0.15) is 11.6 Å². The van der Waals surface area contributed by atoms with Crippen LogP contribution in [0.4, 0.5) is 8.78 Å². The van der Waals surface area contributed by atoms with Crippen molar-refractivity contribution in [3.63, 3.8) is 0 Å². The lowest BCUT2D eigenvalue weighted by Gasteiger charge is -2.28. The average Bonchev–Trinajstić information content (AvgIpc) is 2.72.